The average Bonchev–Trinajstić information content (AvgIpc) is 2.85. The topological polar surface area (TPSA) is 115 Å². The number of unbranched alkanes of at least 4 members (excludes halogenated alkanes) is 24. The fourth-order valence-corrected chi connectivity index (χ4v) is 4.26. The van der Waals surface area contributed by atoms with Crippen LogP contribution in [0.1, 0.15) is 181 Å². The van der Waals surface area contributed by atoms with Gasteiger partial charge < -0.3 is 10.2 Å². The second-order valence-electron chi connectivity index (χ2n) is 10.4. The molecule has 0 atom stereocenters. The zero-order valence-corrected chi connectivity index (χ0v) is 25.6. The molecule has 0 heterocycles. The number of hydrogen-bond acceptors (Lipinski definition) is 4. The second-order valence-corrected chi connectivity index (χ2v) is 11.3. The molecule has 0 rings (SSSR count). The molecule has 0 fully saturated rings. The molecule has 6 nitrogen and oxygen atoms in total. The average molecular weight is 555 g/mol. The van der Waals surface area contributed by atoms with E-state index in [-0.39, 0.29) is 0 Å². The molecule has 0 saturated carbocycles. The molecule has 0 aliphatic rings. The highest BCUT2D eigenvalue weighted by atomic mass is 32.3. The molecule has 0 amide bonds. The molecular formula is C30H66O6S. The Morgan fingerprint density at radius 1 is 0.351 bits per heavy atom. The zero-order valence-electron chi connectivity index (χ0n) is 24.8. The lowest BCUT2D eigenvalue weighted by Gasteiger charge is -2.03. The van der Waals surface area contributed by atoms with Crippen molar-refractivity contribution >= 4 is 10.4 Å². The van der Waals surface area contributed by atoms with Gasteiger partial charge in [0.1, 0.15) is 0 Å². The van der Waals surface area contributed by atoms with Crippen molar-refractivity contribution in [1.82, 2.24) is 0 Å². The molecule has 0 spiro atoms. The van der Waals surface area contributed by atoms with E-state index in [1.165, 1.54) is 154 Å². The van der Waals surface area contributed by atoms with Crippen LogP contribution in [-0.4, -0.2) is 41.0 Å². The summed E-state index contributed by atoms with van der Waals surface area (Å²) in [5.41, 5.74) is 0. The third-order valence-corrected chi connectivity index (χ3v) is 6.52. The van der Waals surface area contributed by atoms with Crippen LogP contribution in [0.4, 0.5) is 0 Å². The number of rotatable bonds is 26. The predicted octanol–water partition coefficient (Wildman–Crippen LogP) is 9.49. The minimum atomic E-state index is -4.67. The maximum Gasteiger partial charge on any atom is 0.394 e. The monoisotopic (exact) mass is 554 g/mol. The summed E-state index contributed by atoms with van der Waals surface area (Å²) in [7, 11) is -4.67. The molecule has 0 unspecified atom stereocenters. The Morgan fingerprint density at radius 2 is 0.486 bits per heavy atom. The lowest BCUT2D eigenvalue weighted by atomic mass is 10.0. The first kappa shape index (κ1) is 41.3. The van der Waals surface area contributed by atoms with Gasteiger partial charge in [0.25, 0.3) is 0 Å². The molecule has 4 N–H and O–H groups in total. The van der Waals surface area contributed by atoms with Crippen molar-refractivity contribution in [3.05, 3.63) is 0 Å². The van der Waals surface area contributed by atoms with Gasteiger partial charge in [0.05, 0.1) is 0 Å². The lowest BCUT2D eigenvalue weighted by Crippen LogP contribution is -1.89. The van der Waals surface area contributed by atoms with Crippen molar-refractivity contribution in [1.29, 1.82) is 0 Å². The smallest absolute Gasteiger partial charge is 0.394 e. The minimum absolute atomic E-state index is 0.372. The Hall–Kier alpha value is -0.210. The fourth-order valence-electron chi connectivity index (χ4n) is 4.26. The summed E-state index contributed by atoms with van der Waals surface area (Å²) in [5.74, 6) is 0. The van der Waals surface area contributed by atoms with Crippen molar-refractivity contribution in [2.45, 2.75) is 181 Å². The van der Waals surface area contributed by atoms with E-state index in [4.69, 9.17) is 27.7 Å². The number of aliphatic hydroxyl groups excluding tert-OH is 2. The molecule has 0 aromatic rings. The van der Waals surface area contributed by atoms with E-state index in [2.05, 4.69) is 13.8 Å². The normalized spacial score (nSPS) is 11.0. The SMILES string of the molecule is CCCCCCCCCCCCCCCCCCO.CCCCCCCCCCCCO.O=S(=O)(O)O. The van der Waals surface area contributed by atoms with Crippen LogP contribution in [0.15, 0.2) is 0 Å². The molecule has 0 aliphatic heterocycles. The van der Waals surface area contributed by atoms with Crippen LogP contribution in [0, 0.1) is 0 Å². The van der Waals surface area contributed by atoms with Crippen molar-refractivity contribution in [3.63, 3.8) is 0 Å². The van der Waals surface area contributed by atoms with Gasteiger partial charge >= 0.3 is 10.4 Å². The quantitative estimate of drug-likeness (QED) is 0.0625. The molecule has 0 aliphatic carbocycles. The summed E-state index contributed by atoms with van der Waals surface area (Å²) in [5, 5.41) is 17.2. The van der Waals surface area contributed by atoms with Gasteiger partial charge in [0.2, 0.25) is 0 Å². The first-order valence-electron chi connectivity index (χ1n) is 15.7. The van der Waals surface area contributed by atoms with Gasteiger partial charge in [-0.25, -0.2) is 0 Å². The van der Waals surface area contributed by atoms with E-state index < -0.39 is 10.4 Å². The van der Waals surface area contributed by atoms with Crippen LogP contribution < -0.4 is 0 Å². The van der Waals surface area contributed by atoms with Crippen molar-refractivity contribution in [2.75, 3.05) is 13.2 Å². The van der Waals surface area contributed by atoms with E-state index in [1.54, 1.807) is 0 Å². The fraction of sp³-hybridized carbons (Fsp3) is 1.00. The highest BCUT2D eigenvalue weighted by Gasteiger charge is 1.94. The van der Waals surface area contributed by atoms with Crippen LogP contribution in [0.2, 0.25) is 0 Å². The van der Waals surface area contributed by atoms with Crippen molar-refractivity contribution in [2.24, 2.45) is 0 Å². The predicted molar refractivity (Wildman–Crippen MR) is 160 cm³/mol. The van der Waals surface area contributed by atoms with Gasteiger partial charge in [0.15, 0.2) is 0 Å². The maximum absolute atomic E-state index is 8.74. The molecule has 7 heteroatoms. The van der Waals surface area contributed by atoms with Crippen LogP contribution in [-0.2, 0) is 10.4 Å². The Balaban J connectivity index is -0.000000552. The molecule has 228 valence electrons. The van der Waals surface area contributed by atoms with E-state index in [0.29, 0.717) is 13.2 Å². The van der Waals surface area contributed by atoms with E-state index in [9.17, 15) is 0 Å². The molecular weight excluding hydrogens is 488 g/mol. The molecule has 0 radical (unpaired) electrons. The van der Waals surface area contributed by atoms with Crippen molar-refractivity contribution < 1.29 is 27.7 Å². The van der Waals surface area contributed by atoms with E-state index in [1.807, 2.05) is 0 Å². The summed E-state index contributed by atoms with van der Waals surface area (Å²) in [4.78, 5) is 0. The van der Waals surface area contributed by atoms with Gasteiger partial charge in [-0.2, -0.15) is 8.42 Å². The number of aliphatic hydroxyl groups is 2. The third kappa shape index (κ3) is 61.4. The minimum Gasteiger partial charge on any atom is -0.396 e. The first-order chi connectivity index (χ1) is 17.8. The first-order valence-corrected chi connectivity index (χ1v) is 17.1. The summed E-state index contributed by atoms with van der Waals surface area (Å²) in [6.45, 7) is 5.29. The van der Waals surface area contributed by atoms with Crippen LogP contribution in [0.5, 0.6) is 0 Å². The number of hydrogen-bond donors (Lipinski definition) is 4. The summed E-state index contributed by atoms with van der Waals surface area (Å²) < 4.78 is 31.6. The van der Waals surface area contributed by atoms with Crippen LogP contribution in [0.3, 0.4) is 0 Å². The Labute approximate surface area is 232 Å². The molecule has 37 heavy (non-hydrogen) atoms. The maximum atomic E-state index is 8.74. The highest BCUT2D eigenvalue weighted by molar-refractivity contribution is 7.79. The largest absolute Gasteiger partial charge is 0.396 e. The zero-order chi connectivity index (χ0) is 28.3. The van der Waals surface area contributed by atoms with Gasteiger partial charge in [-0.05, 0) is 12.8 Å². The summed E-state index contributed by atoms with van der Waals surface area (Å²) >= 11 is 0. The highest BCUT2D eigenvalue weighted by Crippen LogP contribution is 2.13. The molecule has 0 aromatic carbocycles. The van der Waals surface area contributed by atoms with E-state index in [0.717, 1.165) is 12.8 Å². The van der Waals surface area contributed by atoms with Gasteiger partial charge in [0, 0.05) is 13.2 Å². The van der Waals surface area contributed by atoms with Gasteiger partial charge in [-0.3, -0.25) is 9.11 Å². The van der Waals surface area contributed by atoms with Gasteiger partial charge in [-0.1, -0.05) is 168 Å². The van der Waals surface area contributed by atoms with Crippen molar-refractivity contribution in [3.8, 4) is 0 Å². The standard InChI is InChI=1S/C18H38O.C12H26O.H2O4S/c1-2-3-4-5-6-7-8-9-10-11-12-13-14-15-16-17-18-19;1-2-3-4-5-6-7-8-9-10-11-12-13;1-5(2,3)4/h19H,2-18H2,1H3;13H,2-12H2,1H3;(H2,1,2,3,4). The summed E-state index contributed by atoms with van der Waals surface area (Å²) in [6.07, 6.45) is 35.5. The Kier molecular flexibility index (Phi) is 42.3. The van der Waals surface area contributed by atoms with Crippen LogP contribution in [0.25, 0.3) is 0 Å². The summed E-state index contributed by atoms with van der Waals surface area (Å²) in [6, 6.07) is 0. The van der Waals surface area contributed by atoms with Gasteiger partial charge in [-0.15, -0.1) is 0 Å². The Bertz CT molecular complexity index is 437. The molecule has 0 saturated heterocycles. The second kappa shape index (κ2) is 37.9. The van der Waals surface area contributed by atoms with Crippen LogP contribution >= 0.6 is 0 Å². The van der Waals surface area contributed by atoms with E-state index >= 15 is 0 Å². The lowest BCUT2D eigenvalue weighted by molar-refractivity contribution is 0.282. The Morgan fingerprint density at radius 3 is 0.622 bits per heavy atom. The molecule has 0 bridgehead atoms. The third-order valence-electron chi connectivity index (χ3n) is 6.52. The molecule has 0 aromatic heterocycles.